The summed E-state index contributed by atoms with van der Waals surface area (Å²) in [7, 11) is 0. The fourth-order valence-corrected chi connectivity index (χ4v) is 6.08. The van der Waals surface area contributed by atoms with Gasteiger partial charge in [-0.3, -0.25) is 43.2 Å². The molecule has 2 heterocycles. The highest BCUT2D eigenvalue weighted by Crippen LogP contribution is 2.32. The number of esters is 8. The van der Waals surface area contributed by atoms with Gasteiger partial charge in [-0.2, -0.15) is 35.1 Å². The van der Waals surface area contributed by atoms with E-state index in [2.05, 4.69) is 69.9 Å². The van der Waals surface area contributed by atoms with Crippen LogP contribution < -0.4 is 22.1 Å². The molecular weight excluding hydrogens is 1320 g/mol. The summed E-state index contributed by atoms with van der Waals surface area (Å²) in [5, 5.41) is 4.37. The monoisotopic (exact) mass is 1420 g/mol. The van der Waals surface area contributed by atoms with Crippen molar-refractivity contribution in [3.63, 3.8) is 0 Å². The molecule has 6 N–H and O–H groups in total. The first-order valence-corrected chi connectivity index (χ1v) is 30.9. The second kappa shape index (κ2) is 40.8. The molecule has 562 valence electrons. The Balaban J connectivity index is -0.000000545. The molecule has 2 aliphatic rings. The minimum absolute atomic E-state index is 0.0227. The number of carbonyl (C=O) groups excluding carboxylic acids is 12. The second-order valence-corrected chi connectivity index (χ2v) is 26.5. The Bertz CT molecular complexity index is 2770. The molecule has 0 radical (unpaired) electrons. The van der Waals surface area contributed by atoms with Crippen LogP contribution in [0.4, 0.5) is 35.1 Å². The van der Waals surface area contributed by atoms with Crippen molar-refractivity contribution in [3.8, 4) is 0 Å². The zero-order valence-electron chi connectivity index (χ0n) is 60.1. The van der Waals surface area contributed by atoms with Crippen LogP contribution in [0.3, 0.4) is 0 Å². The van der Waals surface area contributed by atoms with Gasteiger partial charge in [0.15, 0.2) is 12.2 Å². The van der Waals surface area contributed by atoms with E-state index in [-0.39, 0.29) is 74.1 Å². The first-order valence-electron chi connectivity index (χ1n) is 30.9. The van der Waals surface area contributed by atoms with Crippen molar-refractivity contribution in [3.05, 3.63) is 50.3 Å². The summed E-state index contributed by atoms with van der Waals surface area (Å²) in [6.07, 6.45) is -7.52. The Kier molecular flexibility index (Phi) is 40.2. The van der Waals surface area contributed by atoms with E-state index in [4.69, 9.17) is 23.7 Å². The molecule has 2 saturated heterocycles. The van der Waals surface area contributed by atoms with Crippen molar-refractivity contribution in [2.75, 3.05) is 13.2 Å². The van der Waals surface area contributed by atoms with Crippen molar-refractivity contribution in [2.24, 2.45) is 27.7 Å². The van der Waals surface area contributed by atoms with Crippen molar-refractivity contribution in [1.29, 1.82) is 0 Å². The third kappa shape index (κ3) is 34.5. The quantitative estimate of drug-likeness (QED) is 0.0195. The van der Waals surface area contributed by atoms with Crippen molar-refractivity contribution in [2.45, 2.75) is 268 Å². The number of nitrogens with one attached hydrogen (secondary N) is 2. The summed E-state index contributed by atoms with van der Waals surface area (Å²) in [5.74, 6) is -26.8. The van der Waals surface area contributed by atoms with Crippen molar-refractivity contribution >= 4 is 71.4 Å². The number of ether oxygens (including phenoxy) is 8. The van der Waals surface area contributed by atoms with Crippen LogP contribution >= 0.6 is 0 Å². The number of hydrogen-bond acceptors (Lipinski definition) is 20. The molecule has 0 aromatic rings. The van der Waals surface area contributed by atoms with Gasteiger partial charge in [-0.25, -0.2) is 14.4 Å². The fraction of sp³-hybridized carbons (Fsp3) is 0.697. The molecular formula is C66H104F8N4O20+2. The molecule has 32 heteroatoms. The first-order chi connectivity index (χ1) is 44.1. The molecule has 0 aromatic carbocycles. The minimum Gasteiger partial charge on any atom is -0.462 e. The lowest BCUT2D eigenvalue weighted by molar-refractivity contribution is -0.189. The van der Waals surface area contributed by atoms with Gasteiger partial charge in [0.05, 0.1) is 42.9 Å². The van der Waals surface area contributed by atoms with Gasteiger partial charge in [0.25, 0.3) is 23.6 Å². The lowest BCUT2D eigenvalue weighted by Crippen LogP contribution is -2.55. The van der Waals surface area contributed by atoms with Crippen LogP contribution in [-0.2, 0) is 95.4 Å². The summed E-state index contributed by atoms with van der Waals surface area (Å²) < 4.78 is 147. The van der Waals surface area contributed by atoms with E-state index in [1.807, 2.05) is 20.8 Å². The SMILES string of the molecule is C=C(C)C(=O)OC(C[CH2+])C(F)(F)C(=O)NC(C)(C)C.C=C(C)C(=O)OC(C[CH2+])C(F)(F)C(N)=O.C=C(C)C(=O)OC1COC(=O)C1.CCC(C)(C)C(=O)OC1COC(=O)C1.CCC(OC(=O)C(C)(C)CC)C(F)(F)C(=O)NC(C)(C)C.CCC(OC(=O)C(C)(C)CC)C(F)(F)C(N)=O. The average Bonchev–Trinajstić information content (AvgIpc) is 1.16. The zero-order chi connectivity index (χ0) is 78.5. The molecule has 2 aliphatic heterocycles. The van der Waals surface area contributed by atoms with Gasteiger partial charge >= 0.3 is 71.4 Å². The van der Waals surface area contributed by atoms with E-state index in [1.165, 1.54) is 27.7 Å². The predicted octanol–water partition coefficient (Wildman–Crippen LogP) is 9.93. The Hall–Kier alpha value is -7.96. The van der Waals surface area contributed by atoms with Gasteiger partial charge in [0, 0.05) is 27.8 Å². The lowest BCUT2D eigenvalue weighted by Gasteiger charge is -2.31. The topological polar surface area (TPSA) is 355 Å². The second-order valence-electron chi connectivity index (χ2n) is 26.5. The Morgan fingerprint density at radius 1 is 0.459 bits per heavy atom. The van der Waals surface area contributed by atoms with Crippen molar-refractivity contribution < 1.29 is 131 Å². The predicted molar refractivity (Wildman–Crippen MR) is 342 cm³/mol. The van der Waals surface area contributed by atoms with E-state index in [1.54, 1.807) is 90.0 Å². The Labute approximate surface area is 569 Å². The third-order valence-corrected chi connectivity index (χ3v) is 13.7. The van der Waals surface area contributed by atoms with E-state index >= 15 is 0 Å². The summed E-state index contributed by atoms with van der Waals surface area (Å²) >= 11 is 0. The normalized spacial score (nSPS) is 16.0. The number of rotatable bonds is 27. The maximum absolute atomic E-state index is 14.2. The van der Waals surface area contributed by atoms with Gasteiger partial charge in [-0.1, -0.05) is 54.4 Å². The third-order valence-electron chi connectivity index (χ3n) is 13.7. The first kappa shape index (κ1) is 96.4. The number of amides is 4. The molecule has 6 atom stereocenters. The van der Waals surface area contributed by atoms with Crippen LogP contribution in [-0.4, -0.2) is 156 Å². The van der Waals surface area contributed by atoms with Gasteiger partial charge in [-0.15, -0.1) is 0 Å². The van der Waals surface area contributed by atoms with Gasteiger partial charge < -0.3 is 60.0 Å². The number of alkyl halides is 8. The number of halogens is 8. The smallest absolute Gasteiger partial charge is 0.364 e. The molecule has 0 spiro atoms. The maximum Gasteiger partial charge on any atom is 0.364 e. The summed E-state index contributed by atoms with van der Waals surface area (Å²) in [6, 6.07) is 0. The van der Waals surface area contributed by atoms with E-state index in [0.717, 1.165) is 0 Å². The van der Waals surface area contributed by atoms with Crippen LogP contribution in [0, 0.1) is 30.1 Å². The van der Waals surface area contributed by atoms with E-state index in [9.17, 15) is 92.7 Å². The van der Waals surface area contributed by atoms with Gasteiger partial charge in [0.1, 0.15) is 38.3 Å². The molecule has 2 rings (SSSR count). The molecule has 6 unspecified atom stereocenters. The average molecular weight is 1430 g/mol. The molecule has 98 heavy (non-hydrogen) atoms. The number of carbonyl (C=O) groups is 12. The molecule has 0 bridgehead atoms. The molecule has 0 saturated carbocycles. The standard InChI is InChI=1S/C15H27F2NO3.C13H19F2NO3.C11H19F2NO3.C10H16O4.C9H11F2NO3.C8H10O4/c1-8-10(21-12(20)14(6,7)9-2)15(16,17)11(19)18-13(3,4)5;1-7-9(19-10(17)8(2)3)13(14,15)11(18)16-12(4,5)6;1-5-7(11(12,13)8(14)15)17-9(16)10(3,4)6-2;1-4-10(2,3)9(12)14-7-5-8(11)13-6-7;1-4-6(9(10,11)8(12)14)15-7(13)5(2)3;1-5(2)8(10)12-6-3-7(9)11-4-6/h10H,8-9H2,1-7H3,(H,18,19);9H,1-2,7H2,3-6H3;7H,5-6H2,1-4H3,(H2,14,15);7H,4-6H2,1-3H3;6H,1-2,4H2,3H3,(H-,12,14);6H,1,3-4H2,2H3/p+2. The largest absolute Gasteiger partial charge is 0.462 e. The minimum atomic E-state index is -3.92. The van der Waals surface area contributed by atoms with Gasteiger partial charge in [-0.05, 0) is 136 Å². The van der Waals surface area contributed by atoms with Gasteiger partial charge in [0.2, 0.25) is 12.2 Å². The van der Waals surface area contributed by atoms with Crippen LogP contribution in [0.5, 0.6) is 0 Å². The Morgan fingerprint density at radius 2 is 0.724 bits per heavy atom. The van der Waals surface area contributed by atoms with Crippen LogP contribution in [0.1, 0.15) is 196 Å². The highest BCUT2D eigenvalue weighted by molar-refractivity contribution is 5.90. The number of primary amides is 2. The number of cyclic esters (lactones) is 2. The Morgan fingerprint density at radius 3 is 0.969 bits per heavy atom. The molecule has 24 nitrogen and oxygen atoms in total. The molecule has 0 aromatic heterocycles. The van der Waals surface area contributed by atoms with E-state index in [0.29, 0.717) is 24.8 Å². The highest BCUT2D eigenvalue weighted by Gasteiger charge is 2.54. The highest BCUT2D eigenvalue weighted by atomic mass is 19.3. The van der Waals surface area contributed by atoms with Crippen LogP contribution in [0.15, 0.2) is 36.5 Å². The molecule has 0 aliphatic carbocycles. The fourth-order valence-electron chi connectivity index (χ4n) is 6.08. The van der Waals surface area contributed by atoms with Crippen LogP contribution in [0.2, 0.25) is 0 Å². The number of nitrogens with two attached hydrogens (primary N) is 2. The molecule has 2 fully saturated rings. The number of hydrogen-bond donors (Lipinski definition) is 4. The van der Waals surface area contributed by atoms with E-state index < -0.39 is 148 Å². The lowest BCUT2D eigenvalue weighted by atomic mass is 9.90. The zero-order valence-corrected chi connectivity index (χ0v) is 60.1. The summed E-state index contributed by atoms with van der Waals surface area (Å²) in [6.45, 7) is 48.8. The maximum atomic E-state index is 14.2. The summed E-state index contributed by atoms with van der Waals surface area (Å²) in [5.41, 5.74) is 5.51. The van der Waals surface area contributed by atoms with Crippen molar-refractivity contribution in [1.82, 2.24) is 10.6 Å². The molecule has 4 amide bonds. The summed E-state index contributed by atoms with van der Waals surface area (Å²) in [4.78, 5) is 134. The van der Waals surface area contributed by atoms with Crippen LogP contribution in [0.25, 0.3) is 0 Å².